The van der Waals surface area contributed by atoms with Crippen LogP contribution in [0.5, 0.6) is 0 Å². The largest absolute Gasteiger partial charge is 0.450 e. The maximum absolute atomic E-state index is 11.7. The van der Waals surface area contributed by atoms with Crippen LogP contribution in [-0.2, 0) is 14.3 Å². The quantitative estimate of drug-likeness (QED) is 0.715. The van der Waals surface area contributed by atoms with Gasteiger partial charge in [0.15, 0.2) is 0 Å². The topological polar surface area (TPSA) is 96.5 Å². The van der Waals surface area contributed by atoms with Gasteiger partial charge in [-0.1, -0.05) is 19.1 Å². The molecule has 1 aromatic rings. The van der Waals surface area contributed by atoms with Crippen LogP contribution >= 0.6 is 0 Å². The number of hydrogen-bond donors (Lipinski definition) is 3. The van der Waals surface area contributed by atoms with Crippen molar-refractivity contribution >= 4 is 23.6 Å². The summed E-state index contributed by atoms with van der Waals surface area (Å²) in [5.41, 5.74) is 1.60. The summed E-state index contributed by atoms with van der Waals surface area (Å²) in [4.78, 5) is 34.2. The molecule has 0 bridgehead atoms. The molecule has 1 rings (SSSR count). The molecule has 0 saturated heterocycles. The Balaban J connectivity index is 2.47. The Labute approximate surface area is 135 Å². The maximum Gasteiger partial charge on any atom is 0.407 e. The van der Waals surface area contributed by atoms with Crippen molar-refractivity contribution in [1.29, 1.82) is 0 Å². The third-order valence-corrected chi connectivity index (χ3v) is 3.06. The molecule has 0 heterocycles. The molecule has 1 unspecified atom stereocenters. The van der Waals surface area contributed by atoms with Crippen LogP contribution in [-0.4, -0.2) is 31.1 Å². The Morgan fingerprint density at radius 2 is 1.74 bits per heavy atom. The van der Waals surface area contributed by atoms with Crippen LogP contribution in [0.15, 0.2) is 24.3 Å². The first-order chi connectivity index (χ1) is 11.0. The molecule has 0 aromatic heterocycles. The zero-order valence-electron chi connectivity index (χ0n) is 13.6. The van der Waals surface area contributed by atoms with Gasteiger partial charge in [-0.25, -0.2) is 4.79 Å². The molecule has 23 heavy (non-hydrogen) atoms. The molecule has 0 radical (unpaired) electrons. The number of carbonyl (C=O) groups is 3. The Bertz CT molecular complexity index is 543. The molecule has 0 aliphatic heterocycles. The number of ether oxygens (including phenoxy) is 1. The fraction of sp³-hybridized carbons (Fsp3) is 0.438. The van der Waals surface area contributed by atoms with E-state index in [2.05, 4.69) is 20.7 Å². The Kier molecular flexibility index (Phi) is 7.59. The number of carbonyl (C=O) groups excluding carboxylic acids is 3. The summed E-state index contributed by atoms with van der Waals surface area (Å²) >= 11 is 0. The molecule has 3 N–H and O–H groups in total. The molecular formula is C16H23N3O4. The van der Waals surface area contributed by atoms with E-state index in [4.69, 9.17) is 0 Å². The van der Waals surface area contributed by atoms with Gasteiger partial charge in [-0.15, -0.1) is 0 Å². The van der Waals surface area contributed by atoms with Gasteiger partial charge < -0.3 is 20.7 Å². The van der Waals surface area contributed by atoms with Crippen LogP contribution in [0, 0.1) is 0 Å². The SMILES string of the molecule is CCOC(=O)NCC(=O)NC(C)c1ccc(NC(=O)CC)cc1. The standard InChI is InChI=1S/C16H23N3O4/c1-4-14(20)19-13-8-6-12(7-9-13)11(3)18-15(21)10-17-16(22)23-5-2/h6-9,11H,4-5,10H2,1-3H3,(H,17,22)(H,18,21)(H,19,20). The number of hydrogen-bond acceptors (Lipinski definition) is 4. The van der Waals surface area contributed by atoms with Crippen molar-refractivity contribution < 1.29 is 19.1 Å². The second-order valence-electron chi connectivity index (χ2n) is 4.89. The highest BCUT2D eigenvalue weighted by Gasteiger charge is 2.11. The first kappa shape index (κ1) is 18.5. The fourth-order valence-electron chi connectivity index (χ4n) is 1.81. The molecule has 0 fully saturated rings. The van der Waals surface area contributed by atoms with Crippen LogP contribution < -0.4 is 16.0 Å². The van der Waals surface area contributed by atoms with Gasteiger partial charge in [0.25, 0.3) is 0 Å². The van der Waals surface area contributed by atoms with Crippen LogP contribution in [0.1, 0.15) is 38.8 Å². The van der Waals surface area contributed by atoms with Crippen LogP contribution in [0.25, 0.3) is 0 Å². The zero-order chi connectivity index (χ0) is 17.2. The predicted molar refractivity (Wildman–Crippen MR) is 86.9 cm³/mol. The summed E-state index contributed by atoms with van der Waals surface area (Å²) in [6.07, 6.45) is -0.201. The molecule has 1 aromatic carbocycles. The molecule has 1 atom stereocenters. The number of benzene rings is 1. The molecule has 7 nitrogen and oxygen atoms in total. The van der Waals surface area contributed by atoms with E-state index in [0.717, 1.165) is 5.56 Å². The fourth-order valence-corrected chi connectivity index (χ4v) is 1.81. The minimum Gasteiger partial charge on any atom is -0.450 e. The van der Waals surface area contributed by atoms with Gasteiger partial charge in [-0.2, -0.15) is 0 Å². The monoisotopic (exact) mass is 321 g/mol. The Morgan fingerprint density at radius 1 is 1.09 bits per heavy atom. The average Bonchev–Trinajstić information content (AvgIpc) is 2.53. The summed E-state index contributed by atoms with van der Waals surface area (Å²) < 4.78 is 4.67. The summed E-state index contributed by atoms with van der Waals surface area (Å²) in [5.74, 6) is -0.363. The number of nitrogens with one attached hydrogen (secondary N) is 3. The molecular weight excluding hydrogens is 298 g/mol. The zero-order valence-corrected chi connectivity index (χ0v) is 13.6. The Hall–Kier alpha value is -2.57. The normalized spacial score (nSPS) is 11.3. The third kappa shape index (κ3) is 6.82. The summed E-state index contributed by atoms with van der Waals surface area (Å²) in [5, 5.41) is 7.88. The first-order valence-electron chi connectivity index (χ1n) is 7.56. The Morgan fingerprint density at radius 3 is 2.30 bits per heavy atom. The van der Waals surface area contributed by atoms with E-state index in [1.165, 1.54) is 0 Å². The minimum atomic E-state index is -0.619. The molecule has 0 spiro atoms. The van der Waals surface area contributed by atoms with Gasteiger partial charge in [-0.3, -0.25) is 9.59 Å². The van der Waals surface area contributed by atoms with E-state index in [1.54, 1.807) is 26.0 Å². The number of amides is 3. The molecule has 0 saturated carbocycles. The van der Waals surface area contributed by atoms with E-state index in [1.807, 2.05) is 19.1 Å². The van der Waals surface area contributed by atoms with E-state index in [9.17, 15) is 14.4 Å². The lowest BCUT2D eigenvalue weighted by Crippen LogP contribution is -2.38. The highest BCUT2D eigenvalue weighted by Crippen LogP contribution is 2.16. The third-order valence-electron chi connectivity index (χ3n) is 3.06. The summed E-state index contributed by atoms with van der Waals surface area (Å²) in [6, 6.07) is 7.00. The van der Waals surface area contributed by atoms with E-state index < -0.39 is 6.09 Å². The van der Waals surface area contributed by atoms with Gasteiger partial charge in [0.1, 0.15) is 6.54 Å². The highest BCUT2D eigenvalue weighted by molar-refractivity contribution is 5.90. The predicted octanol–water partition coefficient (Wildman–Crippen LogP) is 1.96. The molecule has 0 aliphatic rings. The van der Waals surface area contributed by atoms with Gasteiger partial charge >= 0.3 is 6.09 Å². The van der Waals surface area contributed by atoms with Crippen molar-refractivity contribution in [2.75, 3.05) is 18.5 Å². The molecule has 3 amide bonds. The van der Waals surface area contributed by atoms with Gasteiger partial charge in [0.05, 0.1) is 12.6 Å². The second-order valence-corrected chi connectivity index (χ2v) is 4.89. The number of rotatable bonds is 7. The highest BCUT2D eigenvalue weighted by atomic mass is 16.5. The number of alkyl carbamates (subject to hydrolysis) is 1. The van der Waals surface area contributed by atoms with Crippen molar-refractivity contribution in [3.05, 3.63) is 29.8 Å². The molecule has 126 valence electrons. The first-order valence-corrected chi connectivity index (χ1v) is 7.56. The summed E-state index contributed by atoms with van der Waals surface area (Å²) in [6.45, 7) is 5.42. The van der Waals surface area contributed by atoms with Crippen molar-refractivity contribution in [2.24, 2.45) is 0 Å². The van der Waals surface area contributed by atoms with Crippen LogP contribution in [0.3, 0.4) is 0 Å². The lowest BCUT2D eigenvalue weighted by molar-refractivity contribution is -0.120. The number of anilines is 1. The smallest absolute Gasteiger partial charge is 0.407 e. The van der Waals surface area contributed by atoms with Gasteiger partial charge in [0.2, 0.25) is 11.8 Å². The van der Waals surface area contributed by atoms with Crippen molar-refractivity contribution in [1.82, 2.24) is 10.6 Å². The minimum absolute atomic E-state index is 0.0517. The van der Waals surface area contributed by atoms with Gasteiger partial charge in [0, 0.05) is 12.1 Å². The second kappa shape index (κ2) is 9.45. The lowest BCUT2D eigenvalue weighted by atomic mass is 10.1. The van der Waals surface area contributed by atoms with E-state index in [0.29, 0.717) is 12.1 Å². The van der Waals surface area contributed by atoms with Crippen molar-refractivity contribution in [3.8, 4) is 0 Å². The van der Waals surface area contributed by atoms with Crippen molar-refractivity contribution in [2.45, 2.75) is 33.2 Å². The molecule has 7 heteroatoms. The van der Waals surface area contributed by atoms with Crippen LogP contribution in [0.4, 0.5) is 10.5 Å². The summed E-state index contributed by atoms with van der Waals surface area (Å²) in [7, 11) is 0. The lowest BCUT2D eigenvalue weighted by Gasteiger charge is -2.15. The van der Waals surface area contributed by atoms with E-state index >= 15 is 0 Å². The maximum atomic E-state index is 11.7. The van der Waals surface area contributed by atoms with Crippen LogP contribution in [0.2, 0.25) is 0 Å². The van der Waals surface area contributed by atoms with E-state index in [-0.39, 0.29) is 31.0 Å². The molecule has 0 aliphatic carbocycles. The van der Waals surface area contributed by atoms with Crippen molar-refractivity contribution in [3.63, 3.8) is 0 Å². The van der Waals surface area contributed by atoms with Gasteiger partial charge in [-0.05, 0) is 31.5 Å². The average molecular weight is 321 g/mol.